The van der Waals surface area contributed by atoms with Crippen LogP contribution in [-0.4, -0.2) is 40.0 Å². The Hall–Kier alpha value is -2.63. The van der Waals surface area contributed by atoms with Crippen molar-refractivity contribution >= 4 is 22.5 Å². The van der Waals surface area contributed by atoms with Gasteiger partial charge in [0, 0.05) is 60.8 Å². The minimum Gasteiger partial charge on any atom is -0.387 e. The molecule has 5 heteroatoms. The molecule has 3 aromatic rings. The molecule has 1 aromatic heterocycles. The zero-order valence-corrected chi connectivity index (χ0v) is 19.3. The maximum absolute atomic E-state index is 12.6. The Morgan fingerprint density at radius 1 is 1.28 bits per heavy atom. The highest BCUT2D eigenvalue weighted by molar-refractivity contribution is 5.96. The highest BCUT2D eigenvalue weighted by atomic mass is 16.3. The summed E-state index contributed by atoms with van der Waals surface area (Å²) in [4.78, 5) is 20.5. The number of aromatic nitrogens is 1. The van der Waals surface area contributed by atoms with Gasteiger partial charge < -0.3 is 15.0 Å². The molecule has 168 valence electrons. The van der Waals surface area contributed by atoms with Gasteiger partial charge in [-0.2, -0.15) is 0 Å². The van der Waals surface area contributed by atoms with Gasteiger partial charge in [-0.1, -0.05) is 37.3 Å². The highest BCUT2D eigenvalue weighted by Gasteiger charge is 2.31. The van der Waals surface area contributed by atoms with Crippen LogP contribution in [0.15, 0.2) is 36.4 Å². The van der Waals surface area contributed by atoms with Crippen LogP contribution in [0.3, 0.4) is 0 Å². The molecular weight excluding hydrogens is 398 g/mol. The number of fused-ring (bicyclic) bond motifs is 4. The number of benzene rings is 2. The van der Waals surface area contributed by atoms with Crippen molar-refractivity contribution in [2.75, 3.05) is 18.0 Å². The Kier molecular flexibility index (Phi) is 5.56. The molecule has 0 unspecified atom stereocenters. The predicted molar refractivity (Wildman–Crippen MR) is 129 cm³/mol. The third-order valence-electron chi connectivity index (χ3n) is 7.17. The van der Waals surface area contributed by atoms with Crippen molar-refractivity contribution in [3.05, 3.63) is 64.3 Å². The van der Waals surface area contributed by atoms with Crippen molar-refractivity contribution in [3.8, 4) is 0 Å². The SMILES string of the molecule is CCCC(=O)N1c2ccc([C@H](O)CN3CCc4[nH]c5c(C)cccc5c4C3)cc2C[C@H]1C. The average Bonchev–Trinajstić information content (AvgIpc) is 3.31. The number of rotatable bonds is 5. The maximum Gasteiger partial charge on any atom is 0.227 e. The van der Waals surface area contributed by atoms with Crippen LogP contribution < -0.4 is 4.90 Å². The second-order valence-corrected chi connectivity index (χ2v) is 9.54. The molecule has 32 heavy (non-hydrogen) atoms. The summed E-state index contributed by atoms with van der Waals surface area (Å²) in [7, 11) is 0. The number of H-pyrrole nitrogens is 1. The number of aromatic amines is 1. The molecule has 2 aliphatic heterocycles. The van der Waals surface area contributed by atoms with Crippen LogP contribution in [0.5, 0.6) is 0 Å². The van der Waals surface area contributed by atoms with E-state index in [4.69, 9.17) is 0 Å². The number of carbonyl (C=O) groups is 1. The monoisotopic (exact) mass is 431 g/mol. The summed E-state index contributed by atoms with van der Waals surface area (Å²) in [6.45, 7) is 8.72. The number of aliphatic hydroxyl groups is 1. The number of amides is 1. The number of aliphatic hydroxyl groups excluding tert-OH is 1. The molecule has 2 aromatic carbocycles. The lowest BCUT2D eigenvalue weighted by Gasteiger charge is -2.29. The molecule has 0 bridgehead atoms. The number of hydrogen-bond acceptors (Lipinski definition) is 3. The van der Waals surface area contributed by atoms with E-state index >= 15 is 0 Å². The van der Waals surface area contributed by atoms with Gasteiger partial charge in [-0.25, -0.2) is 0 Å². The van der Waals surface area contributed by atoms with Gasteiger partial charge in [0.2, 0.25) is 5.91 Å². The largest absolute Gasteiger partial charge is 0.387 e. The summed E-state index contributed by atoms with van der Waals surface area (Å²) < 4.78 is 0. The molecule has 3 heterocycles. The first-order valence-corrected chi connectivity index (χ1v) is 11.9. The number of anilines is 1. The molecule has 2 atom stereocenters. The fraction of sp³-hybridized carbons (Fsp3) is 0.444. The fourth-order valence-electron chi connectivity index (χ4n) is 5.52. The molecule has 5 nitrogen and oxygen atoms in total. The molecular formula is C27H33N3O2. The number of carbonyl (C=O) groups excluding carboxylic acids is 1. The first kappa shape index (κ1) is 21.2. The van der Waals surface area contributed by atoms with Crippen molar-refractivity contribution in [3.63, 3.8) is 0 Å². The van der Waals surface area contributed by atoms with E-state index in [1.165, 1.54) is 33.3 Å². The molecule has 0 radical (unpaired) electrons. The number of nitrogens with zero attached hydrogens (tertiary/aromatic N) is 2. The van der Waals surface area contributed by atoms with Gasteiger partial charge in [-0.3, -0.25) is 9.69 Å². The molecule has 0 spiro atoms. The Morgan fingerprint density at radius 3 is 2.94 bits per heavy atom. The Labute approximate surface area is 190 Å². The van der Waals surface area contributed by atoms with Crippen molar-refractivity contribution < 1.29 is 9.90 Å². The Morgan fingerprint density at radius 2 is 2.12 bits per heavy atom. The topological polar surface area (TPSA) is 59.6 Å². The lowest BCUT2D eigenvalue weighted by molar-refractivity contribution is -0.118. The lowest BCUT2D eigenvalue weighted by Crippen LogP contribution is -2.35. The second kappa shape index (κ2) is 8.38. The smallest absolute Gasteiger partial charge is 0.227 e. The van der Waals surface area contributed by atoms with Gasteiger partial charge in [-0.05, 0) is 55.0 Å². The van der Waals surface area contributed by atoms with Gasteiger partial charge in [0.25, 0.3) is 0 Å². The zero-order chi connectivity index (χ0) is 22.4. The lowest BCUT2D eigenvalue weighted by atomic mass is 10.0. The number of hydrogen-bond donors (Lipinski definition) is 2. The van der Waals surface area contributed by atoms with Crippen LogP contribution in [0.25, 0.3) is 10.9 Å². The van der Waals surface area contributed by atoms with E-state index in [0.29, 0.717) is 13.0 Å². The number of para-hydroxylation sites is 1. The molecule has 0 saturated carbocycles. The molecule has 0 saturated heterocycles. The van der Waals surface area contributed by atoms with E-state index in [-0.39, 0.29) is 11.9 Å². The summed E-state index contributed by atoms with van der Waals surface area (Å²) in [5.74, 6) is 0.199. The van der Waals surface area contributed by atoms with E-state index in [9.17, 15) is 9.90 Å². The van der Waals surface area contributed by atoms with Gasteiger partial charge >= 0.3 is 0 Å². The molecule has 0 fully saturated rings. The minimum absolute atomic E-state index is 0.183. The standard InChI is InChI=1S/C27H33N3O2/c1-4-6-26(32)30-18(3)13-20-14-19(9-10-24(20)30)25(31)16-29-12-11-23-22(15-29)21-8-5-7-17(2)27(21)28-23/h5,7-10,14,18,25,28,31H,4,6,11-13,15-16H2,1-3H3/t18-,25-/m1/s1. The number of aryl methyl sites for hydroxylation is 1. The zero-order valence-electron chi connectivity index (χ0n) is 19.3. The van der Waals surface area contributed by atoms with Crippen LogP contribution in [0.2, 0.25) is 0 Å². The van der Waals surface area contributed by atoms with E-state index in [2.05, 4.69) is 48.0 Å². The third-order valence-corrected chi connectivity index (χ3v) is 7.17. The summed E-state index contributed by atoms with van der Waals surface area (Å²) in [5, 5.41) is 12.4. The number of β-amino-alcohol motifs (C(OH)–C–C–N with tert-alkyl or cyclic N) is 1. The summed E-state index contributed by atoms with van der Waals surface area (Å²) in [5.41, 5.74) is 8.37. The third kappa shape index (κ3) is 3.63. The Balaban J connectivity index is 1.32. The molecule has 2 aliphatic rings. The van der Waals surface area contributed by atoms with Crippen molar-refractivity contribution in [1.29, 1.82) is 0 Å². The van der Waals surface area contributed by atoms with Crippen molar-refractivity contribution in [2.45, 2.75) is 65.1 Å². The quantitative estimate of drug-likeness (QED) is 0.618. The molecule has 0 aliphatic carbocycles. The van der Waals surface area contributed by atoms with E-state index in [1.54, 1.807) is 0 Å². The van der Waals surface area contributed by atoms with Gasteiger partial charge in [0.1, 0.15) is 0 Å². The van der Waals surface area contributed by atoms with E-state index in [0.717, 1.165) is 43.6 Å². The first-order chi connectivity index (χ1) is 15.5. The summed E-state index contributed by atoms with van der Waals surface area (Å²) >= 11 is 0. The van der Waals surface area contributed by atoms with Crippen LogP contribution in [-0.2, 0) is 24.2 Å². The Bertz CT molecular complexity index is 1170. The van der Waals surface area contributed by atoms with Crippen LogP contribution >= 0.6 is 0 Å². The van der Waals surface area contributed by atoms with Gasteiger partial charge in [0.15, 0.2) is 0 Å². The van der Waals surface area contributed by atoms with Gasteiger partial charge in [-0.15, -0.1) is 0 Å². The van der Waals surface area contributed by atoms with Gasteiger partial charge in [0.05, 0.1) is 6.10 Å². The highest BCUT2D eigenvalue weighted by Crippen LogP contribution is 2.35. The summed E-state index contributed by atoms with van der Waals surface area (Å²) in [6, 6.07) is 12.8. The average molecular weight is 432 g/mol. The van der Waals surface area contributed by atoms with Crippen molar-refractivity contribution in [1.82, 2.24) is 9.88 Å². The molecule has 5 rings (SSSR count). The first-order valence-electron chi connectivity index (χ1n) is 11.9. The second-order valence-electron chi connectivity index (χ2n) is 9.54. The molecule has 1 amide bonds. The van der Waals surface area contributed by atoms with E-state index < -0.39 is 6.10 Å². The van der Waals surface area contributed by atoms with E-state index in [1.807, 2.05) is 24.0 Å². The normalized spacial score (nSPS) is 19.2. The van der Waals surface area contributed by atoms with Crippen LogP contribution in [0.1, 0.15) is 60.7 Å². The number of nitrogens with one attached hydrogen (secondary N) is 1. The minimum atomic E-state index is -0.538. The van der Waals surface area contributed by atoms with Crippen molar-refractivity contribution in [2.24, 2.45) is 0 Å². The van der Waals surface area contributed by atoms with Crippen LogP contribution in [0, 0.1) is 6.92 Å². The summed E-state index contributed by atoms with van der Waals surface area (Å²) in [6.07, 6.45) is 2.74. The predicted octanol–water partition coefficient (Wildman–Crippen LogP) is 4.65. The van der Waals surface area contributed by atoms with Crippen LogP contribution in [0.4, 0.5) is 5.69 Å². The maximum atomic E-state index is 12.6. The molecule has 2 N–H and O–H groups in total. The fourth-order valence-corrected chi connectivity index (χ4v) is 5.52.